The van der Waals surface area contributed by atoms with E-state index in [1.165, 1.54) is 6.07 Å². The van der Waals surface area contributed by atoms with E-state index in [1.54, 1.807) is 48.3 Å². The average molecular weight is 364 g/mol. The van der Waals surface area contributed by atoms with Crippen LogP contribution in [0.1, 0.15) is 22.5 Å². The van der Waals surface area contributed by atoms with Crippen LogP contribution >= 0.6 is 11.3 Å². The smallest absolute Gasteiger partial charge is 0.263 e. The maximum Gasteiger partial charge on any atom is 0.263 e. The molecule has 0 spiro atoms. The second-order valence-corrected chi connectivity index (χ2v) is 9.09. The van der Waals surface area contributed by atoms with Crippen LogP contribution in [0, 0.1) is 0 Å². The van der Waals surface area contributed by atoms with Gasteiger partial charge in [-0.15, -0.1) is 11.3 Å². The van der Waals surface area contributed by atoms with E-state index in [9.17, 15) is 13.2 Å². The van der Waals surface area contributed by atoms with Crippen molar-refractivity contribution in [2.75, 3.05) is 20.1 Å². The lowest BCUT2D eigenvalue weighted by molar-refractivity contribution is 0.0708. The normalized spacial score (nSPS) is 16.0. The number of rotatable bonds is 4. The van der Waals surface area contributed by atoms with Crippen molar-refractivity contribution in [1.82, 2.24) is 10.2 Å². The Morgan fingerprint density at radius 2 is 1.79 bits per heavy atom. The summed E-state index contributed by atoms with van der Waals surface area (Å²) in [4.78, 5) is 15.1. The highest BCUT2D eigenvalue weighted by Crippen LogP contribution is 2.29. The van der Waals surface area contributed by atoms with Crippen LogP contribution in [0.15, 0.2) is 51.6 Å². The third-order valence-corrected chi connectivity index (χ3v) is 7.62. The molecule has 0 aliphatic carbocycles. The lowest BCUT2D eigenvalue weighted by Gasteiger charge is -2.31. The van der Waals surface area contributed by atoms with E-state index >= 15 is 0 Å². The van der Waals surface area contributed by atoms with Crippen molar-refractivity contribution in [2.24, 2.45) is 0 Å². The van der Waals surface area contributed by atoms with Crippen LogP contribution in [-0.2, 0) is 9.84 Å². The minimum atomic E-state index is -3.56. The predicted molar refractivity (Wildman–Crippen MR) is 94.2 cm³/mol. The molecule has 2 aromatic rings. The minimum absolute atomic E-state index is 0.110. The Kier molecular flexibility index (Phi) is 5.03. The van der Waals surface area contributed by atoms with Crippen molar-refractivity contribution in [3.05, 3.63) is 47.3 Å². The maximum absolute atomic E-state index is 12.6. The SMILES string of the molecule is CN(C(=O)c1ccc(S(=O)(=O)c2ccccc2)s1)C1CCNCC1. The number of piperidine rings is 1. The first-order chi connectivity index (χ1) is 11.5. The van der Waals surface area contributed by atoms with E-state index in [4.69, 9.17) is 0 Å². The molecule has 7 heteroatoms. The van der Waals surface area contributed by atoms with Gasteiger partial charge in [0.15, 0.2) is 0 Å². The first-order valence-corrected chi connectivity index (χ1v) is 10.2. The van der Waals surface area contributed by atoms with E-state index in [-0.39, 0.29) is 21.1 Å². The van der Waals surface area contributed by atoms with Gasteiger partial charge in [-0.3, -0.25) is 4.79 Å². The number of nitrogens with zero attached hydrogens (tertiary/aromatic N) is 1. The van der Waals surface area contributed by atoms with E-state index < -0.39 is 9.84 Å². The zero-order chi connectivity index (χ0) is 17.2. The fourth-order valence-corrected chi connectivity index (χ4v) is 5.54. The third kappa shape index (κ3) is 3.38. The summed E-state index contributed by atoms with van der Waals surface area (Å²) in [6.07, 6.45) is 1.84. The number of benzene rings is 1. The highest BCUT2D eigenvalue weighted by Gasteiger charge is 2.26. The van der Waals surface area contributed by atoms with Gasteiger partial charge < -0.3 is 10.2 Å². The van der Waals surface area contributed by atoms with Crippen molar-refractivity contribution in [3.63, 3.8) is 0 Å². The molecule has 0 unspecified atom stereocenters. The zero-order valence-electron chi connectivity index (χ0n) is 13.4. The van der Waals surface area contributed by atoms with Gasteiger partial charge >= 0.3 is 0 Å². The fourth-order valence-electron chi connectivity index (χ4n) is 2.83. The van der Waals surface area contributed by atoms with E-state index in [0.717, 1.165) is 37.3 Å². The van der Waals surface area contributed by atoms with E-state index in [1.807, 2.05) is 0 Å². The maximum atomic E-state index is 12.6. The molecule has 1 aliphatic heterocycles. The Hall–Kier alpha value is -1.70. The minimum Gasteiger partial charge on any atom is -0.338 e. The summed E-state index contributed by atoms with van der Waals surface area (Å²) in [5.41, 5.74) is 0. The number of hydrogen-bond donors (Lipinski definition) is 1. The molecule has 0 saturated carbocycles. The zero-order valence-corrected chi connectivity index (χ0v) is 15.1. The second-order valence-electron chi connectivity index (χ2n) is 5.83. The van der Waals surface area contributed by atoms with Crippen molar-refractivity contribution in [3.8, 4) is 0 Å². The molecule has 1 aromatic heterocycles. The van der Waals surface area contributed by atoms with Crippen LogP contribution in [0.2, 0.25) is 0 Å². The van der Waals surface area contributed by atoms with Crippen molar-refractivity contribution in [2.45, 2.75) is 28.0 Å². The van der Waals surface area contributed by atoms with Gasteiger partial charge in [0.25, 0.3) is 5.91 Å². The quantitative estimate of drug-likeness (QED) is 0.905. The standard InChI is InChI=1S/C17H20N2O3S2/c1-19(13-9-11-18-12-10-13)17(20)15-7-8-16(23-15)24(21,22)14-5-3-2-4-6-14/h2-8,13,18H,9-12H2,1H3. The van der Waals surface area contributed by atoms with Gasteiger partial charge in [0.05, 0.1) is 9.77 Å². The van der Waals surface area contributed by atoms with Gasteiger partial charge in [0.2, 0.25) is 9.84 Å². The largest absolute Gasteiger partial charge is 0.338 e. The fraction of sp³-hybridized carbons (Fsp3) is 0.353. The summed E-state index contributed by atoms with van der Waals surface area (Å²) in [5.74, 6) is -0.110. The van der Waals surface area contributed by atoms with Gasteiger partial charge in [-0.2, -0.15) is 0 Å². The van der Waals surface area contributed by atoms with Crippen molar-refractivity contribution < 1.29 is 13.2 Å². The molecule has 128 valence electrons. The summed E-state index contributed by atoms with van der Waals surface area (Å²) in [5, 5.41) is 3.28. The molecular weight excluding hydrogens is 344 g/mol. The van der Waals surface area contributed by atoms with E-state index in [2.05, 4.69) is 5.32 Å². The van der Waals surface area contributed by atoms with Crippen LogP contribution in [-0.4, -0.2) is 45.4 Å². The van der Waals surface area contributed by atoms with Crippen molar-refractivity contribution in [1.29, 1.82) is 0 Å². The van der Waals surface area contributed by atoms with Crippen LogP contribution in [0.25, 0.3) is 0 Å². The number of nitrogens with one attached hydrogen (secondary N) is 1. The van der Waals surface area contributed by atoms with Crippen LogP contribution in [0.3, 0.4) is 0 Å². The van der Waals surface area contributed by atoms with Crippen LogP contribution in [0.4, 0.5) is 0 Å². The van der Waals surface area contributed by atoms with Gasteiger partial charge in [0, 0.05) is 13.1 Å². The van der Waals surface area contributed by atoms with Gasteiger partial charge in [-0.25, -0.2) is 8.42 Å². The first kappa shape index (κ1) is 17.1. The monoisotopic (exact) mass is 364 g/mol. The third-order valence-electron chi connectivity index (χ3n) is 4.29. The number of hydrogen-bond acceptors (Lipinski definition) is 5. The molecule has 0 bridgehead atoms. The Bertz CT molecular complexity index is 809. The molecule has 0 radical (unpaired) electrons. The summed E-state index contributed by atoms with van der Waals surface area (Å²) >= 11 is 1.04. The van der Waals surface area contributed by atoms with Gasteiger partial charge in [0.1, 0.15) is 4.21 Å². The molecule has 24 heavy (non-hydrogen) atoms. The molecule has 1 fully saturated rings. The predicted octanol–water partition coefficient (Wildman–Crippen LogP) is 2.40. The molecular formula is C17H20N2O3S2. The van der Waals surface area contributed by atoms with Crippen molar-refractivity contribution >= 4 is 27.1 Å². The highest BCUT2D eigenvalue weighted by molar-refractivity contribution is 7.93. The first-order valence-electron chi connectivity index (χ1n) is 7.88. The molecule has 2 heterocycles. The van der Waals surface area contributed by atoms with Crippen LogP contribution in [0.5, 0.6) is 0 Å². The molecule has 5 nitrogen and oxygen atoms in total. The van der Waals surface area contributed by atoms with Gasteiger partial charge in [-0.05, 0) is 50.2 Å². The number of thiophene rings is 1. The number of carbonyl (C=O) groups is 1. The summed E-state index contributed by atoms with van der Waals surface area (Å²) < 4.78 is 25.4. The lowest BCUT2D eigenvalue weighted by atomic mass is 10.1. The Balaban J connectivity index is 1.81. The molecule has 3 rings (SSSR count). The number of sulfone groups is 1. The van der Waals surface area contributed by atoms with Gasteiger partial charge in [-0.1, -0.05) is 18.2 Å². The molecule has 1 aliphatic rings. The molecule has 1 amide bonds. The van der Waals surface area contributed by atoms with Crippen LogP contribution < -0.4 is 5.32 Å². The summed E-state index contributed by atoms with van der Waals surface area (Å²) in [7, 11) is -1.77. The topological polar surface area (TPSA) is 66.5 Å². The molecule has 1 aromatic carbocycles. The molecule has 0 atom stereocenters. The Labute approximate surface area is 146 Å². The average Bonchev–Trinajstić information content (AvgIpc) is 3.13. The second kappa shape index (κ2) is 7.04. The summed E-state index contributed by atoms with van der Waals surface area (Å²) in [6, 6.07) is 11.6. The Morgan fingerprint density at radius 3 is 2.46 bits per heavy atom. The highest BCUT2D eigenvalue weighted by atomic mass is 32.2. The van der Waals surface area contributed by atoms with E-state index in [0.29, 0.717) is 4.88 Å². The number of carbonyl (C=O) groups excluding carboxylic acids is 1. The lowest BCUT2D eigenvalue weighted by Crippen LogP contribution is -2.43. The number of amides is 1. The Morgan fingerprint density at radius 1 is 1.12 bits per heavy atom. The molecule has 1 saturated heterocycles. The molecule has 1 N–H and O–H groups in total. The summed E-state index contributed by atoms with van der Waals surface area (Å²) in [6.45, 7) is 1.81.